The van der Waals surface area contributed by atoms with Gasteiger partial charge in [-0.15, -0.1) is 0 Å². The number of rotatable bonds is 6. The van der Waals surface area contributed by atoms with Gasteiger partial charge in [-0.1, -0.05) is 12.1 Å². The average molecular weight is 475 g/mol. The number of ether oxygens (including phenoxy) is 2. The Morgan fingerprint density at radius 1 is 1.24 bits per heavy atom. The average Bonchev–Trinajstić information content (AvgIpc) is 2.80. The minimum atomic E-state index is -1.14. The van der Waals surface area contributed by atoms with Crippen molar-refractivity contribution in [1.82, 2.24) is 4.90 Å². The van der Waals surface area contributed by atoms with Crippen LogP contribution in [-0.2, 0) is 9.47 Å². The molecule has 7 N–H and O–H groups in total. The zero-order valence-corrected chi connectivity index (χ0v) is 18.9. The monoisotopic (exact) mass is 474 g/mol. The molecule has 0 aliphatic carbocycles. The van der Waals surface area contributed by atoms with Gasteiger partial charge in [0, 0.05) is 29.9 Å². The van der Waals surface area contributed by atoms with Crippen LogP contribution < -0.4 is 17.2 Å². The molecule has 0 radical (unpaired) electrons. The maximum atomic E-state index is 13.8. The number of carbonyl (C=O) groups is 1. The van der Waals surface area contributed by atoms with Crippen molar-refractivity contribution in [1.29, 1.82) is 0 Å². The van der Waals surface area contributed by atoms with E-state index >= 15 is 0 Å². The summed E-state index contributed by atoms with van der Waals surface area (Å²) in [6.07, 6.45) is 0.989. The Kier molecular flexibility index (Phi) is 7.62. The molecule has 0 saturated carbocycles. The number of esters is 1. The van der Waals surface area contributed by atoms with Crippen molar-refractivity contribution in [3.8, 4) is 5.75 Å². The standard InChI is InChI=1S/C24H28F2N4O4/c1-3-33-24(32)15-6-4-14(5-7-15)21-11-30(13(2)12-34-21)20(23(28)29)10-19(27)17-8-16(25)9-18(26)22(17)31/h4-10,13,21,31H,3,11-12,27-29H2,1-2H3/b19-10-. The van der Waals surface area contributed by atoms with Crippen molar-refractivity contribution in [2.24, 2.45) is 17.2 Å². The van der Waals surface area contributed by atoms with Crippen LogP contribution in [0.25, 0.3) is 5.70 Å². The maximum Gasteiger partial charge on any atom is 0.338 e. The second-order valence-corrected chi connectivity index (χ2v) is 7.89. The van der Waals surface area contributed by atoms with E-state index in [-0.39, 0.29) is 35.8 Å². The molecule has 0 amide bonds. The van der Waals surface area contributed by atoms with E-state index in [1.807, 2.05) is 11.8 Å². The molecule has 1 saturated heterocycles. The van der Waals surface area contributed by atoms with Crippen LogP contribution in [0.1, 0.15) is 41.4 Å². The summed E-state index contributed by atoms with van der Waals surface area (Å²) >= 11 is 0. The van der Waals surface area contributed by atoms with Gasteiger partial charge < -0.3 is 36.7 Å². The summed E-state index contributed by atoms with van der Waals surface area (Å²) < 4.78 is 38.4. The van der Waals surface area contributed by atoms with Crippen molar-refractivity contribution in [3.63, 3.8) is 0 Å². The van der Waals surface area contributed by atoms with Crippen LogP contribution >= 0.6 is 0 Å². The maximum absolute atomic E-state index is 13.8. The van der Waals surface area contributed by atoms with E-state index in [9.17, 15) is 18.7 Å². The number of nitrogens with two attached hydrogens (primary N) is 3. The lowest BCUT2D eigenvalue weighted by atomic mass is 10.0. The van der Waals surface area contributed by atoms with E-state index in [0.29, 0.717) is 30.5 Å². The van der Waals surface area contributed by atoms with Crippen molar-refractivity contribution in [2.75, 3.05) is 19.8 Å². The van der Waals surface area contributed by atoms with E-state index < -0.39 is 23.4 Å². The Bertz CT molecular complexity index is 1110. The number of phenols is 1. The van der Waals surface area contributed by atoms with Crippen LogP contribution in [0.4, 0.5) is 8.78 Å². The fourth-order valence-electron chi connectivity index (χ4n) is 3.69. The Hall–Kier alpha value is -3.79. The summed E-state index contributed by atoms with van der Waals surface area (Å²) in [6.45, 7) is 4.58. The SMILES string of the molecule is CCOC(=O)c1ccc(C2CN(C(/C=C(\N)c3cc(F)cc(F)c3O)=C(N)N)C(C)CO2)cc1. The number of hydrogen-bond acceptors (Lipinski definition) is 8. The summed E-state index contributed by atoms with van der Waals surface area (Å²) in [5.41, 5.74) is 19.2. The largest absolute Gasteiger partial charge is 0.504 e. The van der Waals surface area contributed by atoms with Crippen LogP contribution in [0, 0.1) is 11.6 Å². The first-order chi connectivity index (χ1) is 16.1. The fraction of sp³-hybridized carbons (Fsp3) is 0.292. The summed E-state index contributed by atoms with van der Waals surface area (Å²) in [6, 6.07) is 8.19. The molecule has 2 atom stereocenters. The normalized spacial score (nSPS) is 18.5. The zero-order valence-electron chi connectivity index (χ0n) is 18.9. The molecular formula is C24H28F2N4O4. The van der Waals surface area contributed by atoms with Gasteiger partial charge in [0.1, 0.15) is 17.7 Å². The first-order valence-electron chi connectivity index (χ1n) is 10.7. The first kappa shape index (κ1) is 24.8. The van der Waals surface area contributed by atoms with E-state index in [1.165, 1.54) is 6.08 Å². The number of halogens is 2. The Balaban J connectivity index is 1.88. The number of morpholine rings is 1. The Morgan fingerprint density at radius 3 is 2.53 bits per heavy atom. The molecule has 1 aliphatic rings. The molecule has 0 spiro atoms. The van der Waals surface area contributed by atoms with Gasteiger partial charge in [-0.25, -0.2) is 13.6 Å². The summed E-state index contributed by atoms with van der Waals surface area (Å²) in [5, 5.41) is 9.98. The lowest BCUT2D eigenvalue weighted by Crippen LogP contribution is -2.45. The van der Waals surface area contributed by atoms with E-state index in [1.54, 1.807) is 31.2 Å². The molecule has 1 fully saturated rings. The highest BCUT2D eigenvalue weighted by atomic mass is 19.1. The Labute approximate surface area is 196 Å². The number of carbonyl (C=O) groups excluding carboxylic acids is 1. The predicted octanol–water partition coefficient (Wildman–Crippen LogP) is 2.70. The molecule has 2 aromatic rings. The second-order valence-electron chi connectivity index (χ2n) is 7.89. The van der Waals surface area contributed by atoms with Crippen molar-refractivity contribution in [2.45, 2.75) is 26.0 Å². The summed E-state index contributed by atoms with van der Waals surface area (Å²) in [5.74, 6) is -3.28. The highest BCUT2D eigenvalue weighted by molar-refractivity contribution is 5.89. The van der Waals surface area contributed by atoms with Crippen LogP contribution in [0.15, 0.2) is 54.0 Å². The van der Waals surface area contributed by atoms with Gasteiger partial charge in [0.05, 0.1) is 24.5 Å². The molecule has 2 aromatic carbocycles. The Morgan fingerprint density at radius 2 is 1.91 bits per heavy atom. The van der Waals surface area contributed by atoms with E-state index in [4.69, 9.17) is 26.7 Å². The molecule has 34 heavy (non-hydrogen) atoms. The number of allylic oxidation sites excluding steroid dienone is 1. The molecule has 0 aromatic heterocycles. The third-order valence-electron chi connectivity index (χ3n) is 5.46. The fourth-order valence-corrected chi connectivity index (χ4v) is 3.69. The molecule has 1 aliphatic heterocycles. The summed E-state index contributed by atoms with van der Waals surface area (Å²) in [4.78, 5) is 13.8. The molecule has 1 heterocycles. The molecule has 8 nitrogen and oxygen atoms in total. The van der Waals surface area contributed by atoms with E-state index in [0.717, 1.165) is 11.6 Å². The van der Waals surface area contributed by atoms with Crippen molar-refractivity contribution < 1.29 is 28.2 Å². The lowest BCUT2D eigenvalue weighted by Gasteiger charge is -2.40. The molecule has 2 unspecified atom stereocenters. The smallest absolute Gasteiger partial charge is 0.338 e. The van der Waals surface area contributed by atoms with Crippen LogP contribution in [0.3, 0.4) is 0 Å². The summed E-state index contributed by atoms with van der Waals surface area (Å²) in [7, 11) is 0. The van der Waals surface area contributed by atoms with Gasteiger partial charge in [-0.05, 0) is 43.7 Å². The van der Waals surface area contributed by atoms with Gasteiger partial charge in [-0.3, -0.25) is 0 Å². The number of benzene rings is 2. The van der Waals surface area contributed by atoms with Crippen molar-refractivity contribution in [3.05, 3.63) is 82.3 Å². The van der Waals surface area contributed by atoms with Crippen LogP contribution in [-0.4, -0.2) is 41.8 Å². The number of phenolic OH excluding ortho intramolecular Hbond substituents is 1. The number of aromatic hydroxyl groups is 1. The molecular weight excluding hydrogens is 446 g/mol. The molecule has 0 bridgehead atoms. The predicted molar refractivity (Wildman–Crippen MR) is 123 cm³/mol. The minimum Gasteiger partial charge on any atom is -0.504 e. The van der Waals surface area contributed by atoms with Gasteiger partial charge >= 0.3 is 5.97 Å². The van der Waals surface area contributed by atoms with Gasteiger partial charge in [0.2, 0.25) is 0 Å². The van der Waals surface area contributed by atoms with Gasteiger partial charge in [0.25, 0.3) is 0 Å². The molecule has 182 valence electrons. The van der Waals surface area contributed by atoms with Crippen LogP contribution in [0.5, 0.6) is 5.75 Å². The highest BCUT2D eigenvalue weighted by Crippen LogP contribution is 2.31. The molecule has 3 rings (SSSR count). The quantitative estimate of drug-likeness (QED) is 0.371. The first-order valence-corrected chi connectivity index (χ1v) is 10.7. The third kappa shape index (κ3) is 5.40. The number of hydrogen-bond donors (Lipinski definition) is 4. The van der Waals surface area contributed by atoms with E-state index in [2.05, 4.69) is 0 Å². The van der Waals surface area contributed by atoms with Crippen molar-refractivity contribution >= 4 is 11.7 Å². The van der Waals surface area contributed by atoms with Gasteiger partial charge in [0.15, 0.2) is 11.6 Å². The third-order valence-corrected chi connectivity index (χ3v) is 5.46. The number of nitrogens with zero attached hydrogens (tertiary/aromatic N) is 1. The second kappa shape index (κ2) is 10.4. The molecule has 10 heteroatoms. The topological polar surface area (TPSA) is 137 Å². The zero-order chi connectivity index (χ0) is 25.0. The van der Waals surface area contributed by atoms with Crippen LogP contribution in [0.2, 0.25) is 0 Å². The highest BCUT2D eigenvalue weighted by Gasteiger charge is 2.29. The minimum absolute atomic E-state index is 0.0653. The lowest BCUT2D eigenvalue weighted by molar-refractivity contribution is -0.0457. The van der Waals surface area contributed by atoms with Gasteiger partial charge in [-0.2, -0.15) is 0 Å².